The van der Waals surface area contributed by atoms with Gasteiger partial charge in [-0.2, -0.15) is 4.31 Å². The Hall–Kier alpha value is -0.890. The number of phenols is 1. The molecule has 1 heterocycles. The van der Waals surface area contributed by atoms with Crippen molar-refractivity contribution >= 4 is 37.3 Å². The Morgan fingerprint density at radius 3 is 2.35 bits per heavy atom. The van der Waals surface area contributed by atoms with Crippen molar-refractivity contribution < 1.29 is 13.5 Å². The summed E-state index contributed by atoms with van der Waals surface area (Å²) in [5.74, 6) is 0.160. The van der Waals surface area contributed by atoms with Gasteiger partial charge in [0.2, 0.25) is 0 Å². The summed E-state index contributed by atoms with van der Waals surface area (Å²) in [4.78, 5) is 0. The Morgan fingerprint density at radius 2 is 1.85 bits per heavy atom. The van der Waals surface area contributed by atoms with E-state index in [1.165, 1.54) is 15.6 Å². The molecule has 2 aromatic rings. The number of benzene rings is 1. The number of thiophene rings is 1. The van der Waals surface area contributed by atoms with Gasteiger partial charge in [0.05, 0.1) is 0 Å². The van der Waals surface area contributed by atoms with Crippen molar-refractivity contribution in [3.63, 3.8) is 0 Å². The number of nitrogens with zero attached hydrogens (tertiary/aromatic N) is 1. The van der Waals surface area contributed by atoms with Crippen LogP contribution in [0.5, 0.6) is 5.75 Å². The molecule has 1 unspecified atom stereocenters. The molecule has 4 nitrogen and oxygen atoms in total. The molecule has 0 radical (unpaired) electrons. The fourth-order valence-corrected chi connectivity index (χ4v) is 5.59. The molecular weight excluding hydrogens is 362 g/mol. The van der Waals surface area contributed by atoms with Crippen LogP contribution in [0.3, 0.4) is 0 Å². The van der Waals surface area contributed by atoms with Gasteiger partial charge in [0.15, 0.2) is 0 Å². The van der Waals surface area contributed by atoms with Crippen LogP contribution in [-0.4, -0.2) is 24.9 Å². The Morgan fingerprint density at radius 1 is 1.25 bits per heavy atom. The van der Waals surface area contributed by atoms with Gasteiger partial charge in [-0.3, -0.25) is 0 Å². The summed E-state index contributed by atoms with van der Waals surface area (Å²) in [6.07, 6.45) is 0. The number of sulfonamides is 1. The third-order valence-electron chi connectivity index (χ3n) is 3.12. The molecule has 0 fully saturated rings. The van der Waals surface area contributed by atoms with Gasteiger partial charge in [-0.1, -0.05) is 12.1 Å². The van der Waals surface area contributed by atoms with E-state index in [4.69, 9.17) is 0 Å². The van der Waals surface area contributed by atoms with E-state index in [9.17, 15) is 13.5 Å². The van der Waals surface area contributed by atoms with Crippen LogP contribution in [-0.2, 0) is 10.0 Å². The summed E-state index contributed by atoms with van der Waals surface area (Å²) >= 11 is 4.44. The maximum atomic E-state index is 12.6. The van der Waals surface area contributed by atoms with E-state index in [1.54, 1.807) is 42.8 Å². The van der Waals surface area contributed by atoms with Crippen molar-refractivity contribution in [1.29, 1.82) is 0 Å². The smallest absolute Gasteiger partial charge is 0.253 e. The van der Waals surface area contributed by atoms with Crippen molar-refractivity contribution in [3.8, 4) is 5.75 Å². The Kier molecular flexibility index (Phi) is 4.53. The van der Waals surface area contributed by atoms with E-state index in [-0.39, 0.29) is 11.8 Å². The van der Waals surface area contributed by atoms with Gasteiger partial charge in [-0.25, -0.2) is 8.42 Å². The monoisotopic (exact) mass is 375 g/mol. The molecule has 7 heteroatoms. The van der Waals surface area contributed by atoms with E-state index < -0.39 is 10.0 Å². The van der Waals surface area contributed by atoms with Crippen molar-refractivity contribution in [1.82, 2.24) is 4.31 Å². The highest BCUT2D eigenvalue weighted by Gasteiger charge is 2.29. The zero-order valence-electron chi connectivity index (χ0n) is 10.9. The molecule has 0 bridgehead atoms. The lowest BCUT2D eigenvalue weighted by molar-refractivity contribution is 0.399. The highest BCUT2D eigenvalue weighted by atomic mass is 79.9. The maximum absolute atomic E-state index is 12.6. The quantitative estimate of drug-likeness (QED) is 0.887. The Balaban J connectivity index is 2.33. The second-order valence-corrected chi connectivity index (χ2v) is 8.31. The third-order valence-corrected chi connectivity index (χ3v) is 7.69. The van der Waals surface area contributed by atoms with Gasteiger partial charge in [0.25, 0.3) is 10.0 Å². The van der Waals surface area contributed by atoms with Crippen LogP contribution in [0.2, 0.25) is 0 Å². The number of aromatic hydroxyl groups is 1. The fraction of sp³-hybridized carbons (Fsp3) is 0.231. The molecule has 1 aromatic heterocycles. The van der Waals surface area contributed by atoms with Crippen LogP contribution in [0, 0.1) is 0 Å². The number of phenolic OH excluding ortho intramolecular Hbond substituents is 1. The summed E-state index contributed by atoms with van der Waals surface area (Å²) in [5.41, 5.74) is 0.821. The van der Waals surface area contributed by atoms with Crippen molar-refractivity contribution in [2.75, 3.05) is 7.05 Å². The molecule has 0 amide bonds. The molecule has 2 rings (SSSR count). The minimum absolute atomic E-state index is 0.160. The molecular formula is C13H14BrNO3S2. The fourth-order valence-electron chi connectivity index (χ4n) is 1.77. The van der Waals surface area contributed by atoms with Gasteiger partial charge >= 0.3 is 0 Å². The SMILES string of the molecule is CC(c1ccc(O)cc1)N(C)S(=O)(=O)c1sccc1Br. The number of hydrogen-bond donors (Lipinski definition) is 1. The zero-order valence-corrected chi connectivity index (χ0v) is 14.2. The first kappa shape index (κ1) is 15.5. The summed E-state index contributed by atoms with van der Waals surface area (Å²) in [6, 6.07) is 7.93. The Labute approximate surface area is 130 Å². The van der Waals surface area contributed by atoms with Gasteiger partial charge in [-0.15, -0.1) is 11.3 Å². The zero-order chi connectivity index (χ0) is 14.9. The largest absolute Gasteiger partial charge is 0.508 e. The van der Waals surface area contributed by atoms with Gasteiger partial charge < -0.3 is 5.11 Å². The van der Waals surface area contributed by atoms with Crippen molar-refractivity contribution in [3.05, 3.63) is 45.7 Å². The first-order valence-electron chi connectivity index (χ1n) is 5.84. The number of halogens is 1. The standard InChI is InChI=1S/C13H14BrNO3S2/c1-9(10-3-5-11(16)6-4-10)15(2)20(17,18)13-12(14)7-8-19-13/h3-9,16H,1-2H3. The first-order valence-corrected chi connectivity index (χ1v) is 8.95. The first-order chi connectivity index (χ1) is 9.34. The van der Waals surface area contributed by atoms with Gasteiger partial charge in [0, 0.05) is 17.6 Å². The van der Waals surface area contributed by atoms with Gasteiger partial charge in [-0.05, 0) is 52.0 Å². The molecule has 1 atom stereocenters. The average Bonchev–Trinajstić information content (AvgIpc) is 2.85. The lowest BCUT2D eigenvalue weighted by Crippen LogP contribution is -2.29. The Bertz CT molecular complexity index is 695. The van der Waals surface area contributed by atoms with Crippen molar-refractivity contribution in [2.45, 2.75) is 17.2 Å². The number of rotatable bonds is 4. The predicted octanol–water partition coefficient (Wildman–Crippen LogP) is 3.60. The van der Waals surface area contributed by atoms with Crippen LogP contribution in [0.15, 0.2) is 44.4 Å². The van der Waals surface area contributed by atoms with Crippen LogP contribution in [0.1, 0.15) is 18.5 Å². The maximum Gasteiger partial charge on any atom is 0.253 e. The summed E-state index contributed by atoms with van der Waals surface area (Å²) in [7, 11) is -1.99. The van der Waals surface area contributed by atoms with E-state index in [0.717, 1.165) is 5.56 Å². The minimum atomic E-state index is -3.54. The van der Waals surface area contributed by atoms with E-state index in [1.807, 2.05) is 6.92 Å². The molecule has 108 valence electrons. The average molecular weight is 376 g/mol. The summed E-state index contributed by atoms with van der Waals surface area (Å²) in [5, 5.41) is 11.0. The minimum Gasteiger partial charge on any atom is -0.508 e. The van der Waals surface area contributed by atoms with Crippen LogP contribution < -0.4 is 0 Å². The molecule has 1 aromatic carbocycles. The van der Waals surface area contributed by atoms with Crippen LogP contribution >= 0.6 is 27.3 Å². The second kappa shape index (κ2) is 5.85. The molecule has 0 saturated carbocycles. The molecule has 0 aliphatic heterocycles. The van der Waals surface area contributed by atoms with Gasteiger partial charge in [0.1, 0.15) is 9.96 Å². The van der Waals surface area contributed by atoms with Crippen molar-refractivity contribution in [2.24, 2.45) is 0 Å². The summed E-state index contributed by atoms with van der Waals surface area (Å²) < 4.78 is 27.3. The lowest BCUT2D eigenvalue weighted by atomic mass is 10.1. The molecule has 0 saturated heterocycles. The normalized spacial score (nSPS) is 13.6. The van der Waals surface area contributed by atoms with E-state index in [2.05, 4.69) is 15.9 Å². The molecule has 1 N–H and O–H groups in total. The third kappa shape index (κ3) is 2.90. The molecule has 0 aliphatic carbocycles. The molecule has 20 heavy (non-hydrogen) atoms. The second-order valence-electron chi connectivity index (χ2n) is 4.34. The molecule has 0 aliphatic rings. The predicted molar refractivity (Wildman–Crippen MR) is 83.5 cm³/mol. The number of hydrogen-bond acceptors (Lipinski definition) is 4. The highest BCUT2D eigenvalue weighted by Crippen LogP contribution is 2.33. The van der Waals surface area contributed by atoms with Crippen LogP contribution in [0.4, 0.5) is 0 Å². The highest BCUT2D eigenvalue weighted by molar-refractivity contribution is 9.10. The topological polar surface area (TPSA) is 57.6 Å². The van der Waals surface area contributed by atoms with E-state index in [0.29, 0.717) is 8.68 Å². The lowest BCUT2D eigenvalue weighted by Gasteiger charge is -2.24. The molecule has 0 spiro atoms. The van der Waals surface area contributed by atoms with Crippen LogP contribution in [0.25, 0.3) is 0 Å². The van der Waals surface area contributed by atoms with E-state index >= 15 is 0 Å². The summed E-state index contributed by atoms with van der Waals surface area (Å²) in [6.45, 7) is 1.81.